The van der Waals surface area contributed by atoms with Crippen LogP contribution in [0.1, 0.15) is 111 Å². The standard InChI is InChI=1S/C8H16O3S.3C7H14O3S.C7H14O2.C5H10O3S.C5H10O2S.C5H10O2.C5H10OS.C4H8OS/c1-7(11-2)3-4-8-5-12(9,10)6-8;1-10-6-7-2-4-11(8,9)5-3-7;1-10-5-7-3-2-4-11(8,9)6-7;1-10-6-7-4-2-3-5-11(7,8)9;1-7(2)4-6(8-3)5-9-7;1-8-5-2-3-9(6,7)4-5;1-7-5-2-3-8(6)4-5;2*1-6-5-2-3-7-4-5;1-5-4-2-6-3-4/h7-8H,3-6H2,1-2H3;3*7H,2-6H2,1H3;6H,4-5H2,1-3H3;5H,2-4H2,1H3;5H,2-4H2,1H3;2*5H,2-4H2,1H3;4H,2-3H2,1H3. The van der Waals surface area contributed by atoms with Crippen molar-refractivity contribution < 1.29 is 103 Å². The molecule has 0 amide bonds. The number of rotatable bonds is 16. The maximum Gasteiger partial charge on any atom is 0.155 e. The van der Waals surface area contributed by atoms with Crippen molar-refractivity contribution >= 4 is 83.5 Å². The molecule has 0 aromatic heterocycles. The van der Waals surface area contributed by atoms with E-state index in [1.165, 1.54) is 29.4 Å². The monoisotopic (exact) mass is 1460 g/mol. The molecule has 9 unspecified atom stereocenters. The maximum absolute atomic E-state index is 11.3. The van der Waals surface area contributed by atoms with Gasteiger partial charge in [0.25, 0.3) is 0 Å². The highest BCUT2D eigenvalue weighted by Gasteiger charge is 2.34. The molecule has 0 spiro atoms. The Morgan fingerprint density at radius 3 is 1.41 bits per heavy atom. The second-order valence-corrected chi connectivity index (χ2v) is 40.0. The van der Waals surface area contributed by atoms with Crippen LogP contribution in [0.15, 0.2) is 0 Å². The van der Waals surface area contributed by atoms with Gasteiger partial charge in [0.1, 0.15) is 9.84 Å². The van der Waals surface area contributed by atoms with E-state index in [4.69, 9.17) is 56.8 Å². The number of hydrogen-bond donors (Lipinski definition) is 0. The Morgan fingerprint density at radius 2 is 1.05 bits per heavy atom. The third-order valence-corrected chi connectivity index (χ3v) is 29.8. The van der Waals surface area contributed by atoms with E-state index >= 15 is 0 Å². The van der Waals surface area contributed by atoms with Crippen LogP contribution in [0.25, 0.3) is 0 Å². The summed E-state index contributed by atoms with van der Waals surface area (Å²) >= 11 is 3.93. The zero-order valence-electron chi connectivity index (χ0n) is 57.3. The molecule has 10 aliphatic rings. The summed E-state index contributed by atoms with van der Waals surface area (Å²) in [6.07, 6.45) is 15.2. The van der Waals surface area contributed by atoms with Gasteiger partial charge in [0.05, 0.1) is 125 Å². The fourth-order valence-electron chi connectivity index (χ4n) is 10.3. The summed E-state index contributed by atoms with van der Waals surface area (Å²) in [5.74, 6) is 10.6. The molecule has 10 heterocycles. The van der Waals surface area contributed by atoms with Gasteiger partial charge in [0.2, 0.25) is 0 Å². The molecule has 0 aliphatic carbocycles. The Morgan fingerprint density at radius 1 is 0.495 bits per heavy atom. The largest absolute Gasteiger partial charge is 0.384 e. The van der Waals surface area contributed by atoms with E-state index in [0.29, 0.717) is 109 Å². The second kappa shape index (κ2) is 48.8. The lowest BCUT2D eigenvalue weighted by Crippen LogP contribution is -2.36. The minimum absolute atomic E-state index is 0.0423. The second-order valence-electron chi connectivity index (χ2n) is 24.8. The van der Waals surface area contributed by atoms with Gasteiger partial charge in [-0.2, -0.15) is 23.5 Å². The molecule has 0 aromatic rings. The Bertz CT molecular complexity index is 2410. The van der Waals surface area contributed by atoms with Crippen molar-refractivity contribution in [2.75, 3.05) is 197 Å². The van der Waals surface area contributed by atoms with E-state index in [1.807, 2.05) is 30.4 Å². The molecule has 31 heteroatoms. The van der Waals surface area contributed by atoms with Crippen LogP contribution in [0, 0.1) is 17.8 Å². The van der Waals surface area contributed by atoms with Crippen molar-refractivity contribution in [2.24, 2.45) is 17.8 Å². The zero-order valence-corrected chi connectivity index (χ0v) is 63.8. The summed E-state index contributed by atoms with van der Waals surface area (Å²) in [5, 5.41) is -0.235. The van der Waals surface area contributed by atoms with Crippen molar-refractivity contribution in [3.8, 4) is 0 Å². The topological polar surface area (TPSA) is 299 Å². The molecule has 0 saturated carbocycles. The molecule has 10 saturated heterocycles. The lowest BCUT2D eigenvalue weighted by Gasteiger charge is -2.26. The van der Waals surface area contributed by atoms with Gasteiger partial charge in [-0.1, -0.05) is 6.42 Å². The summed E-state index contributed by atoms with van der Waals surface area (Å²) in [5.41, 5.74) is 0.0423. The van der Waals surface area contributed by atoms with Crippen LogP contribution in [0.4, 0.5) is 0 Å². The lowest BCUT2D eigenvalue weighted by atomic mass is 10.0. The molecule has 0 radical (unpaired) electrons. The summed E-state index contributed by atoms with van der Waals surface area (Å²) in [4.78, 5) is 0. The van der Waals surface area contributed by atoms with Crippen molar-refractivity contribution in [3.63, 3.8) is 0 Å². The van der Waals surface area contributed by atoms with Gasteiger partial charge in [-0.3, -0.25) is 4.21 Å². The highest BCUT2D eigenvalue weighted by molar-refractivity contribution is 8.00. The first-order chi connectivity index (χ1) is 42.9. The fourth-order valence-corrected chi connectivity index (χ4v) is 22.1. The van der Waals surface area contributed by atoms with Crippen molar-refractivity contribution in [2.45, 2.75) is 164 Å². The number of ether oxygens (including phenoxy) is 12. The highest BCUT2D eigenvalue weighted by Crippen LogP contribution is 2.27. The smallest absolute Gasteiger partial charge is 0.155 e. The molecular weight excluding hydrogens is 1350 g/mol. The first-order valence-electron chi connectivity index (χ1n) is 31.8. The molecule has 91 heavy (non-hydrogen) atoms. The van der Waals surface area contributed by atoms with E-state index in [-0.39, 0.29) is 40.8 Å². The molecular formula is C60H120O23S8. The zero-order chi connectivity index (χ0) is 68.6. The van der Waals surface area contributed by atoms with Crippen LogP contribution in [-0.2, 0) is 117 Å². The number of methoxy groups -OCH3 is 10. The van der Waals surface area contributed by atoms with Crippen molar-refractivity contribution in [3.05, 3.63) is 0 Å². The highest BCUT2D eigenvalue weighted by atomic mass is 32.2. The van der Waals surface area contributed by atoms with Crippen LogP contribution < -0.4 is 0 Å². The lowest BCUT2D eigenvalue weighted by molar-refractivity contribution is 0.0261. The predicted molar refractivity (Wildman–Crippen MR) is 368 cm³/mol. The van der Waals surface area contributed by atoms with Gasteiger partial charge >= 0.3 is 0 Å². The third kappa shape index (κ3) is 43.3. The molecule has 23 nitrogen and oxygen atoms in total. The van der Waals surface area contributed by atoms with E-state index in [1.54, 1.807) is 71.1 Å². The van der Waals surface area contributed by atoms with Gasteiger partial charge in [-0.15, -0.1) is 0 Å². The summed E-state index contributed by atoms with van der Waals surface area (Å²) in [6.45, 7) is 10.3. The normalized spacial score (nSPS) is 29.8. The quantitative estimate of drug-likeness (QED) is 0.175. The Labute approximate surface area is 561 Å². The molecule has 9 atom stereocenters. The molecule has 0 bridgehead atoms. The van der Waals surface area contributed by atoms with Crippen LogP contribution in [0.3, 0.4) is 0 Å². The maximum atomic E-state index is 11.3. The predicted octanol–water partition coefficient (Wildman–Crippen LogP) is 5.84. The Balaban J connectivity index is 0.000000508. The molecule has 10 rings (SSSR count). The minimum Gasteiger partial charge on any atom is -0.384 e. The SMILES string of the molecule is COC(C)CCC1CS(=O)(=O)C1.COC1CCOC1.COC1CCS(=O)(=O)C1.COC1CCS(=O)C1.COC1CCSC1.COC1COC(C)(C)C1.COC1CSC1.COCC1CCCCS1(=O)=O.COCC1CCCS(=O)(=O)C1.COCC1CCS(=O)(=O)CC1. The van der Waals surface area contributed by atoms with Crippen LogP contribution in [0.5, 0.6) is 0 Å². The minimum atomic E-state index is -2.81. The molecule has 10 fully saturated rings. The fraction of sp³-hybridized carbons (Fsp3) is 1.00. The van der Waals surface area contributed by atoms with E-state index in [2.05, 4.69) is 13.8 Å². The average molecular weight is 1470 g/mol. The van der Waals surface area contributed by atoms with Crippen molar-refractivity contribution in [1.29, 1.82) is 0 Å². The number of sulfone groups is 5. The summed E-state index contributed by atoms with van der Waals surface area (Å²) in [6, 6.07) is 0. The van der Waals surface area contributed by atoms with E-state index < -0.39 is 60.0 Å². The van der Waals surface area contributed by atoms with Crippen molar-refractivity contribution in [1.82, 2.24) is 0 Å². The summed E-state index contributed by atoms with van der Waals surface area (Å²) in [7, 11) is 2.56. The first-order valence-corrected chi connectivity index (χ1v) is 44.6. The number of hydrogen-bond acceptors (Lipinski definition) is 25. The summed E-state index contributed by atoms with van der Waals surface area (Å²) < 4.78 is 181. The van der Waals surface area contributed by atoms with Crippen LogP contribution >= 0.6 is 23.5 Å². The molecule has 10 aliphatic heterocycles. The van der Waals surface area contributed by atoms with Gasteiger partial charge in [0, 0.05) is 137 Å². The van der Waals surface area contributed by atoms with Gasteiger partial charge < -0.3 is 56.8 Å². The Hall–Kier alpha value is 0.120. The van der Waals surface area contributed by atoms with Gasteiger partial charge in [0.15, 0.2) is 39.3 Å². The first kappa shape index (κ1) is 89.1. The van der Waals surface area contributed by atoms with E-state index in [0.717, 1.165) is 108 Å². The average Bonchev–Trinajstić information content (AvgIpc) is 1.96. The van der Waals surface area contributed by atoms with Crippen LogP contribution in [0.2, 0.25) is 0 Å². The van der Waals surface area contributed by atoms with E-state index in [9.17, 15) is 46.3 Å². The Kier molecular flexibility index (Phi) is 47.8. The third-order valence-electron chi connectivity index (χ3n) is 16.5. The molecule has 0 aromatic carbocycles. The molecule has 546 valence electrons. The van der Waals surface area contributed by atoms with Gasteiger partial charge in [-0.25, -0.2) is 42.1 Å². The number of thioether (sulfide) groups is 2. The van der Waals surface area contributed by atoms with Gasteiger partial charge in [-0.05, 0) is 121 Å². The molecule has 0 N–H and O–H groups in total. The van der Waals surface area contributed by atoms with Crippen LogP contribution in [-0.4, -0.2) is 297 Å².